The number of benzene rings is 1. The summed E-state index contributed by atoms with van der Waals surface area (Å²) in [6.07, 6.45) is 3.80. The molecule has 3 rings (SSSR count). The Kier molecular flexibility index (Phi) is 4.18. The Morgan fingerprint density at radius 1 is 1.25 bits per heavy atom. The number of nitrogens with one attached hydrogen (secondary N) is 1. The molecule has 0 bridgehead atoms. The highest BCUT2D eigenvalue weighted by Crippen LogP contribution is 2.25. The van der Waals surface area contributed by atoms with Gasteiger partial charge in [-0.25, -0.2) is 4.98 Å². The number of rotatable bonds is 6. The minimum atomic E-state index is 0.709. The quantitative estimate of drug-likeness (QED) is 0.858. The number of nitrogens with zero attached hydrogens (tertiary/aromatic N) is 1. The summed E-state index contributed by atoms with van der Waals surface area (Å²) in [6.45, 7) is 5.42. The van der Waals surface area contributed by atoms with Gasteiger partial charge in [0.15, 0.2) is 0 Å². The van der Waals surface area contributed by atoms with Crippen LogP contribution in [0.3, 0.4) is 0 Å². The third kappa shape index (κ3) is 3.68. The number of thiazole rings is 1. The van der Waals surface area contributed by atoms with E-state index in [1.807, 2.05) is 0 Å². The Labute approximate surface area is 125 Å². The number of hydrogen-bond acceptors (Lipinski definition) is 3. The molecule has 1 saturated carbocycles. The van der Waals surface area contributed by atoms with Crippen molar-refractivity contribution in [1.82, 2.24) is 10.3 Å². The maximum atomic E-state index is 4.73. The van der Waals surface area contributed by atoms with Crippen LogP contribution in [-0.2, 0) is 13.0 Å². The zero-order valence-corrected chi connectivity index (χ0v) is 13.0. The molecule has 2 nitrogen and oxygen atoms in total. The van der Waals surface area contributed by atoms with Crippen molar-refractivity contribution in [2.75, 3.05) is 0 Å². The molecule has 0 unspecified atom stereocenters. The summed E-state index contributed by atoms with van der Waals surface area (Å²) in [6, 6.07) is 9.62. The smallest absolute Gasteiger partial charge is 0.123 e. The van der Waals surface area contributed by atoms with Crippen LogP contribution in [0.5, 0.6) is 0 Å². The zero-order chi connectivity index (χ0) is 13.9. The van der Waals surface area contributed by atoms with E-state index in [2.05, 4.69) is 48.8 Å². The molecule has 1 aliphatic rings. The first-order valence-electron chi connectivity index (χ1n) is 7.48. The summed E-state index contributed by atoms with van der Waals surface area (Å²) in [5, 5.41) is 6.82. The third-order valence-electron chi connectivity index (χ3n) is 3.55. The van der Waals surface area contributed by atoms with Crippen LogP contribution in [0.15, 0.2) is 29.6 Å². The van der Waals surface area contributed by atoms with Gasteiger partial charge in [-0.3, -0.25) is 0 Å². The van der Waals surface area contributed by atoms with Crippen LogP contribution in [0.2, 0.25) is 0 Å². The Balaban J connectivity index is 1.65. The average molecular weight is 286 g/mol. The first kappa shape index (κ1) is 13.8. The summed E-state index contributed by atoms with van der Waals surface area (Å²) < 4.78 is 0. The van der Waals surface area contributed by atoms with Gasteiger partial charge in [-0.15, -0.1) is 11.3 Å². The molecule has 106 valence electrons. The summed E-state index contributed by atoms with van der Waals surface area (Å²) in [7, 11) is 0. The van der Waals surface area contributed by atoms with Crippen LogP contribution in [0.4, 0.5) is 0 Å². The van der Waals surface area contributed by atoms with Gasteiger partial charge in [-0.1, -0.05) is 38.1 Å². The Morgan fingerprint density at radius 3 is 2.65 bits per heavy atom. The molecule has 2 aromatic rings. The summed E-state index contributed by atoms with van der Waals surface area (Å²) in [5.41, 5.74) is 3.82. The number of hydrogen-bond donors (Lipinski definition) is 1. The highest BCUT2D eigenvalue weighted by Gasteiger charge is 2.20. The van der Waals surface area contributed by atoms with Gasteiger partial charge in [-0.2, -0.15) is 0 Å². The fraction of sp³-hybridized carbons (Fsp3) is 0.471. The second-order valence-corrected chi connectivity index (χ2v) is 6.95. The van der Waals surface area contributed by atoms with Crippen molar-refractivity contribution < 1.29 is 0 Å². The summed E-state index contributed by atoms with van der Waals surface area (Å²) >= 11 is 1.74. The lowest BCUT2D eigenvalue weighted by atomic mass is 10.0. The van der Waals surface area contributed by atoms with Crippen molar-refractivity contribution in [3.8, 4) is 10.6 Å². The molecule has 1 fully saturated rings. The molecule has 1 aromatic carbocycles. The van der Waals surface area contributed by atoms with Crippen molar-refractivity contribution >= 4 is 11.3 Å². The molecule has 0 aliphatic heterocycles. The third-order valence-corrected chi connectivity index (χ3v) is 4.49. The molecule has 0 saturated heterocycles. The molecule has 1 N–H and O–H groups in total. The van der Waals surface area contributed by atoms with Crippen LogP contribution in [-0.4, -0.2) is 11.0 Å². The van der Waals surface area contributed by atoms with Gasteiger partial charge in [0.25, 0.3) is 0 Å². The van der Waals surface area contributed by atoms with E-state index >= 15 is 0 Å². The molecule has 1 aliphatic carbocycles. The van der Waals surface area contributed by atoms with Crippen LogP contribution in [0, 0.1) is 5.92 Å². The van der Waals surface area contributed by atoms with Gasteiger partial charge in [0.1, 0.15) is 5.01 Å². The minimum absolute atomic E-state index is 0.709. The van der Waals surface area contributed by atoms with Crippen LogP contribution in [0.25, 0.3) is 10.6 Å². The van der Waals surface area contributed by atoms with Gasteiger partial charge >= 0.3 is 0 Å². The maximum Gasteiger partial charge on any atom is 0.123 e. The minimum Gasteiger partial charge on any atom is -0.308 e. The molecule has 0 atom stereocenters. The van der Waals surface area contributed by atoms with E-state index in [0.717, 1.165) is 24.0 Å². The van der Waals surface area contributed by atoms with Crippen molar-refractivity contribution in [2.24, 2.45) is 5.92 Å². The fourth-order valence-corrected chi connectivity index (χ4v) is 3.14. The average Bonchev–Trinajstić information content (AvgIpc) is 3.14. The predicted octanol–water partition coefficient (Wildman–Crippen LogP) is 4.26. The zero-order valence-electron chi connectivity index (χ0n) is 12.2. The van der Waals surface area contributed by atoms with Crippen LogP contribution < -0.4 is 5.32 Å². The Bertz CT molecular complexity index is 553. The molecule has 1 aromatic heterocycles. The predicted molar refractivity (Wildman–Crippen MR) is 86.0 cm³/mol. The molecule has 0 amide bonds. The van der Waals surface area contributed by atoms with Crippen molar-refractivity contribution in [2.45, 2.75) is 45.7 Å². The summed E-state index contributed by atoms with van der Waals surface area (Å²) in [5.74, 6) is 0.709. The monoisotopic (exact) mass is 286 g/mol. The topological polar surface area (TPSA) is 24.9 Å². The summed E-state index contributed by atoms with van der Waals surface area (Å²) in [4.78, 5) is 4.73. The van der Waals surface area contributed by atoms with Gasteiger partial charge in [0, 0.05) is 23.5 Å². The van der Waals surface area contributed by atoms with Gasteiger partial charge in [-0.05, 0) is 30.7 Å². The molecule has 0 radical (unpaired) electrons. The lowest BCUT2D eigenvalue weighted by Gasteiger charge is -2.05. The number of aromatic nitrogens is 1. The molecule has 20 heavy (non-hydrogen) atoms. The van der Waals surface area contributed by atoms with E-state index in [1.165, 1.54) is 29.7 Å². The fourth-order valence-electron chi connectivity index (χ4n) is 2.31. The van der Waals surface area contributed by atoms with E-state index in [9.17, 15) is 0 Å². The maximum absolute atomic E-state index is 4.73. The highest BCUT2D eigenvalue weighted by atomic mass is 32.1. The SMILES string of the molecule is CC(C)Cc1ccc(-c2nc(CNC3CC3)cs2)cc1. The standard InChI is InChI=1S/C17H22N2S/c1-12(2)9-13-3-5-14(6-4-13)17-19-16(11-20-17)10-18-15-7-8-15/h3-6,11-12,15,18H,7-10H2,1-2H3. The lowest BCUT2D eigenvalue weighted by molar-refractivity contribution is 0.647. The highest BCUT2D eigenvalue weighted by molar-refractivity contribution is 7.13. The van der Waals surface area contributed by atoms with Crippen LogP contribution >= 0.6 is 11.3 Å². The van der Waals surface area contributed by atoms with E-state index in [1.54, 1.807) is 11.3 Å². The largest absolute Gasteiger partial charge is 0.308 e. The molecular weight excluding hydrogens is 264 g/mol. The van der Waals surface area contributed by atoms with Crippen molar-refractivity contribution in [1.29, 1.82) is 0 Å². The molecule has 0 spiro atoms. The Morgan fingerprint density at radius 2 is 2.00 bits per heavy atom. The first-order chi connectivity index (χ1) is 9.70. The second-order valence-electron chi connectivity index (χ2n) is 6.09. The van der Waals surface area contributed by atoms with E-state index in [0.29, 0.717) is 5.92 Å². The normalized spacial score (nSPS) is 14.9. The molecule has 3 heteroatoms. The van der Waals surface area contributed by atoms with E-state index < -0.39 is 0 Å². The van der Waals surface area contributed by atoms with Crippen molar-refractivity contribution in [3.05, 3.63) is 40.9 Å². The first-order valence-corrected chi connectivity index (χ1v) is 8.36. The van der Waals surface area contributed by atoms with Gasteiger partial charge < -0.3 is 5.32 Å². The molecule has 1 heterocycles. The Hall–Kier alpha value is -1.19. The van der Waals surface area contributed by atoms with Crippen LogP contribution in [0.1, 0.15) is 37.9 Å². The lowest BCUT2D eigenvalue weighted by Crippen LogP contribution is -2.15. The van der Waals surface area contributed by atoms with E-state index in [-0.39, 0.29) is 0 Å². The van der Waals surface area contributed by atoms with Gasteiger partial charge in [0.05, 0.1) is 5.69 Å². The van der Waals surface area contributed by atoms with Crippen molar-refractivity contribution in [3.63, 3.8) is 0 Å². The van der Waals surface area contributed by atoms with Gasteiger partial charge in [0.2, 0.25) is 0 Å². The molecular formula is C17H22N2S. The second kappa shape index (κ2) is 6.06. The van der Waals surface area contributed by atoms with E-state index in [4.69, 9.17) is 4.98 Å².